The highest BCUT2D eigenvalue weighted by molar-refractivity contribution is 5.88. The first-order valence-electron chi connectivity index (χ1n) is 6.91. The van der Waals surface area contributed by atoms with Gasteiger partial charge in [0, 0.05) is 17.5 Å². The molecule has 112 valence electrons. The zero-order chi connectivity index (χ0) is 15.5. The van der Waals surface area contributed by atoms with Crippen molar-refractivity contribution in [2.75, 3.05) is 0 Å². The summed E-state index contributed by atoms with van der Waals surface area (Å²) in [6.45, 7) is 2.25. The Morgan fingerprint density at radius 1 is 1.27 bits per heavy atom. The molecule has 0 aliphatic carbocycles. The third-order valence-corrected chi connectivity index (χ3v) is 3.55. The molecule has 0 unspecified atom stereocenters. The molecule has 0 atom stereocenters. The number of aryl methyl sites for hydroxylation is 1. The molecular formula is C16H15N3O3. The molecule has 2 heterocycles. The Hall–Kier alpha value is -2.89. The second kappa shape index (κ2) is 5.85. The van der Waals surface area contributed by atoms with Gasteiger partial charge in [-0.05, 0) is 19.1 Å². The number of amides is 1. The molecule has 1 aromatic carbocycles. The summed E-state index contributed by atoms with van der Waals surface area (Å²) in [6.07, 6.45) is 1.70. The lowest BCUT2D eigenvalue weighted by Gasteiger charge is -2.06. The topological polar surface area (TPSA) is 88.0 Å². The molecule has 2 aromatic heterocycles. The van der Waals surface area contributed by atoms with Gasteiger partial charge in [-0.1, -0.05) is 18.2 Å². The highest BCUT2D eigenvalue weighted by atomic mass is 16.3. The largest absolute Gasteiger partial charge is 0.469 e. The minimum Gasteiger partial charge on any atom is -0.469 e. The van der Waals surface area contributed by atoms with Gasteiger partial charge in [0.2, 0.25) is 5.91 Å². The van der Waals surface area contributed by atoms with Crippen LogP contribution in [0.15, 0.2) is 45.8 Å². The Balaban J connectivity index is 1.76. The number of fused-ring (bicyclic) bond motifs is 1. The Bertz CT molecular complexity index is 879. The number of H-pyrrole nitrogens is 1. The van der Waals surface area contributed by atoms with Crippen molar-refractivity contribution >= 4 is 16.7 Å². The number of aromatic amines is 1. The Kier molecular flexibility index (Phi) is 3.74. The predicted octanol–water partition coefficient (Wildman–Crippen LogP) is 1.68. The summed E-state index contributed by atoms with van der Waals surface area (Å²) in [5, 5.41) is 10.5. The van der Waals surface area contributed by atoms with Crippen LogP contribution in [0, 0.1) is 6.92 Å². The van der Waals surface area contributed by atoms with Gasteiger partial charge >= 0.3 is 0 Å². The van der Waals surface area contributed by atoms with E-state index in [4.69, 9.17) is 4.42 Å². The fraction of sp³-hybridized carbons (Fsp3) is 0.188. The van der Waals surface area contributed by atoms with Gasteiger partial charge in [-0.2, -0.15) is 5.10 Å². The number of carbonyl (C=O) groups excluding carboxylic acids is 1. The molecule has 3 aromatic rings. The van der Waals surface area contributed by atoms with Crippen LogP contribution in [0.4, 0.5) is 0 Å². The number of nitrogens with zero attached hydrogens (tertiary/aromatic N) is 1. The SMILES string of the molecule is Cc1occc1CNC(=O)Cc1n[nH]c(=O)c2ccccc12. The maximum absolute atomic E-state index is 12.1. The predicted molar refractivity (Wildman–Crippen MR) is 81.4 cm³/mol. The van der Waals surface area contributed by atoms with Crippen LogP contribution in [0.5, 0.6) is 0 Å². The molecule has 0 aliphatic rings. The normalized spacial score (nSPS) is 10.8. The van der Waals surface area contributed by atoms with Crippen LogP contribution in [0.2, 0.25) is 0 Å². The van der Waals surface area contributed by atoms with E-state index >= 15 is 0 Å². The summed E-state index contributed by atoms with van der Waals surface area (Å²) in [4.78, 5) is 23.8. The van der Waals surface area contributed by atoms with Crippen LogP contribution in [0.25, 0.3) is 10.8 Å². The van der Waals surface area contributed by atoms with Gasteiger partial charge < -0.3 is 9.73 Å². The first kappa shape index (κ1) is 14.1. The van der Waals surface area contributed by atoms with Gasteiger partial charge in [0.15, 0.2) is 0 Å². The lowest BCUT2D eigenvalue weighted by molar-refractivity contribution is -0.120. The van der Waals surface area contributed by atoms with Crippen LogP contribution < -0.4 is 10.9 Å². The van der Waals surface area contributed by atoms with Gasteiger partial charge in [0.05, 0.1) is 23.8 Å². The lowest BCUT2D eigenvalue weighted by atomic mass is 10.1. The average molecular weight is 297 g/mol. The lowest BCUT2D eigenvalue weighted by Crippen LogP contribution is -2.26. The quantitative estimate of drug-likeness (QED) is 0.767. The van der Waals surface area contributed by atoms with E-state index in [0.29, 0.717) is 23.0 Å². The Morgan fingerprint density at radius 3 is 2.77 bits per heavy atom. The molecule has 0 spiro atoms. The monoisotopic (exact) mass is 297 g/mol. The Labute approximate surface area is 126 Å². The Morgan fingerprint density at radius 2 is 2.05 bits per heavy atom. The molecule has 6 nitrogen and oxygen atoms in total. The molecule has 0 bridgehead atoms. The maximum Gasteiger partial charge on any atom is 0.272 e. The molecule has 0 radical (unpaired) electrons. The van der Waals surface area contributed by atoms with E-state index in [9.17, 15) is 9.59 Å². The number of hydrogen-bond donors (Lipinski definition) is 2. The van der Waals surface area contributed by atoms with Crippen molar-refractivity contribution in [1.29, 1.82) is 0 Å². The summed E-state index contributed by atoms with van der Waals surface area (Å²) in [5.41, 5.74) is 1.23. The summed E-state index contributed by atoms with van der Waals surface area (Å²) in [7, 11) is 0. The summed E-state index contributed by atoms with van der Waals surface area (Å²) in [5.74, 6) is 0.623. The van der Waals surface area contributed by atoms with Crippen molar-refractivity contribution in [2.45, 2.75) is 19.9 Å². The number of carbonyl (C=O) groups is 1. The highest BCUT2D eigenvalue weighted by Crippen LogP contribution is 2.13. The highest BCUT2D eigenvalue weighted by Gasteiger charge is 2.11. The van der Waals surface area contributed by atoms with E-state index < -0.39 is 0 Å². The zero-order valence-electron chi connectivity index (χ0n) is 12.1. The fourth-order valence-electron chi connectivity index (χ4n) is 2.31. The van der Waals surface area contributed by atoms with Crippen molar-refractivity contribution in [2.24, 2.45) is 0 Å². The van der Waals surface area contributed by atoms with Gasteiger partial charge in [-0.25, -0.2) is 5.10 Å². The molecule has 2 N–H and O–H groups in total. The number of aromatic nitrogens is 2. The van der Waals surface area contributed by atoms with Crippen LogP contribution in [-0.2, 0) is 17.8 Å². The van der Waals surface area contributed by atoms with E-state index in [1.807, 2.05) is 19.1 Å². The summed E-state index contributed by atoms with van der Waals surface area (Å²) < 4.78 is 5.18. The second-order valence-electron chi connectivity index (χ2n) is 5.00. The number of hydrogen-bond acceptors (Lipinski definition) is 4. The van der Waals surface area contributed by atoms with Crippen molar-refractivity contribution in [1.82, 2.24) is 15.5 Å². The first-order chi connectivity index (χ1) is 10.6. The van der Waals surface area contributed by atoms with E-state index in [1.54, 1.807) is 24.5 Å². The van der Waals surface area contributed by atoms with E-state index in [0.717, 1.165) is 11.3 Å². The van der Waals surface area contributed by atoms with Crippen molar-refractivity contribution in [3.05, 3.63) is 64.0 Å². The summed E-state index contributed by atoms with van der Waals surface area (Å²) >= 11 is 0. The smallest absolute Gasteiger partial charge is 0.272 e. The van der Waals surface area contributed by atoms with Gasteiger partial charge in [0.1, 0.15) is 5.76 Å². The molecular weight excluding hydrogens is 282 g/mol. The van der Waals surface area contributed by atoms with E-state index in [2.05, 4.69) is 15.5 Å². The average Bonchev–Trinajstić information content (AvgIpc) is 2.94. The van der Waals surface area contributed by atoms with E-state index in [-0.39, 0.29) is 17.9 Å². The molecule has 3 rings (SSSR count). The van der Waals surface area contributed by atoms with E-state index in [1.165, 1.54) is 0 Å². The summed E-state index contributed by atoms with van der Waals surface area (Å²) in [6, 6.07) is 8.93. The van der Waals surface area contributed by atoms with Crippen molar-refractivity contribution < 1.29 is 9.21 Å². The number of furan rings is 1. The standard InChI is InChI=1S/C16H15N3O3/c1-10-11(6-7-22-10)9-17-15(20)8-14-12-4-2-3-5-13(12)16(21)19-18-14/h2-7H,8-9H2,1H3,(H,17,20)(H,19,21). The molecule has 0 saturated carbocycles. The van der Waals surface area contributed by atoms with Crippen molar-refractivity contribution in [3.8, 4) is 0 Å². The van der Waals surface area contributed by atoms with Gasteiger partial charge in [-0.3, -0.25) is 9.59 Å². The molecule has 6 heteroatoms. The van der Waals surface area contributed by atoms with Crippen LogP contribution in [0.1, 0.15) is 17.0 Å². The minimum absolute atomic E-state index is 0.105. The number of nitrogens with one attached hydrogen (secondary N) is 2. The van der Waals surface area contributed by atoms with Gasteiger partial charge in [-0.15, -0.1) is 0 Å². The zero-order valence-corrected chi connectivity index (χ0v) is 12.1. The van der Waals surface area contributed by atoms with Crippen LogP contribution >= 0.6 is 0 Å². The molecule has 0 saturated heterocycles. The first-order valence-corrected chi connectivity index (χ1v) is 6.91. The van der Waals surface area contributed by atoms with Crippen molar-refractivity contribution in [3.63, 3.8) is 0 Å². The van der Waals surface area contributed by atoms with Crippen LogP contribution in [-0.4, -0.2) is 16.1 Å². The molecule has 22 heavy (non-hydrogen) atoms. The fourth-order valence-corrected chi connectivity index (χ4v) is 2.31. The number of rotatable bonds is 4. The third-order valence-electron chi connectivity index (χ3n) is 3.55. The molecule has 1 amide bonds. The molecule has 0 fully saturated rings. The third kappa shape index (κ3) is 2.76. The number of benzene rings is 1. The second-order valence-corrected chi connectivity index (χ2v) is 5.00. The van der Waals surface area contributed by atoms with Crippen LogP contribution in [0.3, 0.4) is 0 Å². The molecule has 0 aliphatic heterocycles. The maximum atomic E-state index is 12.1. The minimum atomic E-state index is -0.256. The van der Waals surface area contributed by atoms with Gasteiger partial charge in [0.25, 0.3) is 5.56 Å².